The maximum absolute atomic E-state index is 12.5. The molecule has 1 aromatic heterocycles. The molecule has 3 N–H and O–H groups in total. The lowest BCUT2D eigenvalue weighted by Crippen LogP contribution is -2.40. The van der Waals surface area contributed by atoms with Crippen molar-refractivity contribution in [3.8, 4) is 11.5 Å². The van der Waals surface area contributed by atoms with E-state index in [2.05, 4.69) is 25.5 Å². The molecule has 178 valence electrons. The molecule has 0 atom stereocenters. The maximum Gasteiger partial charge on any atom is 0.251 e. The van der Waals surface area contributed by atoms with Crippen LogP contribution in [-0.2, 0) is 6.42 Å². The van der Waals surface area contributed by atoms with Crippen molar-refractivity contribution in [1.82, 2.24) is 15.3 Å². The first-order valence-corrected chi connectivity index (χ1v) is 11.5. The molecule has 0 unspecified atom stereocenters. The van der Waals surface area contributed by atoms with Crippen LogP contribution in [0.5, 0.6) is 11.5 Å². The van der Waals surface area contributed by atoms with Crippen LogP contribution >= 0.6 is 11.6 Å². The molecule has 0 radical (unpaired) electrons. The van der Waals surface area contributed by atoms with Gasteiger partial charge >= 0.3 is 0 Å². The Balaban J connectivity index is 1.50. The number of carbonyl (C=O) groups excluding carboxylic acids is 1. The quantitative estimate of drug-likeness (QED) is 0.455. The number of halogens is 1. The van der Waals surface area contributed by atoms with E-state index in [9.17, 15) is 9.90 Å². The summed E-state index contributed by atoms with van der Waals surface area (Å²) >= 11 is 6.51. The van der Waals surface area contributed by atoms with Gasteiger partial charge in [0.15, 0.2) is 5.82 Å². The Morgan fingerprint density at radius 3 is 2.76 bits per heavy atom. The van der Waals surface area contributed by atoms with E-state index in [-0.39, 0.29) is 18.1 Å². The van der Waals surface area contributed by atoms with Gasteiger partial charge in [0.2, 0.25) is 0 Å². The average molecular weight is 482 g/mol. The highest BCUT2D eigenvalue weighted by molar-refractivity contribution is 6.32. The predicted molar refractivity (Wildman–Crippen MR) is 134 cm³/mol. The summed E-state index contributed by atoms with van der Waals surface area (Å²) in [6, 6.07) is 12.3. The molecule has 34 heavy (non-hydrogen) atoms. The maximum atomic E-state index is 12.5. The number of rotatable bonds is 7. The first-order chi connectivity index (χ1) is 16.2. The average Bonchev–Trinajstić information content (AvgIpc) is 3.19. The number of β-amino-alcohol motifs (C(OH)–C–C–N with tert-alkyl or cyclic N) is 1. The standard InChI is InChI=1S/C25H28ClN5O3/c1-25(2,3)30-24(33)16-5-4-6-18(13-16)34-21-8-7-17(14-19(21)26)29-23-22-20(27-15-28-23)9-10-31(22)11-12-32/h4-8,13-15,32H,9-12H2,1-3H3,(H,30,33)(H,27,28,29). The fraction of sp³-hybridized carbons (Fsp3) is 0.320. The van der Waals surface area contributed by atoms with Crippen LogP contribution < -0.4 is 20.3 Å². The summed E-state index contributed by atoms with van der Waals surface area (Å²) in [7, 11) is 0. The molecule has 0 bridgehead atoms. The van der Waals surface area contributed by atoms with E-state index in [0.717, 1.165) is 30.0 Å². The lowest BCUT2D eigenvalue weighted by atomic mass is 10.1. The molecule has 0 saturated heterocycles. The van der Waals surface area contributed by atoms with Crippen LogP contribution in [-0.4, -0.2) is 46.2 Å². The largest absolute Gasteiger partial charge is 0.456 e. The van der Waals surface area contributed by atoms with Crippen molar-refractivity contribution in [2.24, 2.45) is 0 Å². The number of ether oxygens (including phenoxy) is 1. The van der Waals surface area contributed by atoms with Crippen molar-refractivity contribution >= 4 is 34.7 Å². The van der Waals surface area contributed by atoms with E-state index in [1.807, 2.05) is 26.8 Å². The van der Waals surface area contributed by atoms with Gasteiger partial charge < -0.3 is 25.4 Å². The Kier molecular flexibility index (Phi) is 6.90. The number of anilines is 3. The number of fused-ring (bicyclic) bond motifs is 1. The Morgan fingerprint density at radius 2 is 2.03 bits per heavy atom. The topological polar surface area (TPSA) is 99.6 Å². The molecular formula is C25H28ClN5O3. The number of nitrogens with zero attached hydrogens (tertiary/aromatic N) is 3. The van der Waals surface area contributed by atoms with Gasteiger partial charge in [0, 0.05) is 36.3 Å². The van der Waals surface area contributed by atoms with Crippen LogP contribution in [0, 0.1) is 0 Å². The van der Waals surface area contributed by atoms with Gasteiger partial charge in [0.1, 0.15) is 23.5 Å². The molecule has 3 aromatic rings. The van der Waals surface area contributed by atoms with E-state index in [0.29, 0.717) is 34.4 Å². The predicted octanol–water partition coefficient (Wildman–Crippen LogP) is 4.55. The Morgan fingerprint density at radius 1 is 1.21 bits per heavy atom. The highest BCUT2D eigenvalue weighted by Crippen LogP contribution is 2.36. The highest BCUT2D eigenvalue weighted by Gasteiger charge is 2.24. The van der Waals surface area contributed by atoms with Gasteiger partial charge in [-0.05, 0) is 57.2 Å². The highest BCUT2D eigenvalue weighted by atomic mass is 35.5. The number of aromatic nitrogens is 2. The Hall–Kier alpha value is -3.36. The van der Waals surface area contributed by atoms with Crippen molar-refractivity contribution < 1.29 is 14.6 Å². The van der Waals surface area contributed by atoms with Crippen LogP contribution in [0.2, 0.25) is 5.02 Å². The van der Waals surface area contributed by atoms with Gasteiger partial charge in [-0.1, -0.05) is 17.7 Å². The van der Waals surface area contributed by atoms with Gasteiger partial charge in [-0.2, -0.15) is 0 Å². The van der Waals surface area contributed by atoms with Crippen molar-refractivity contribution in [1.29, 1.82) is 0 Å². The van der Waals surface area contributed by atoms with Crippen LogP contribution in [0.3, 0.4) is 0 Å². The van der Waals surface area contributed by atoms with E-state index >= 15 is 0 Å². The van der Waals surface area contributed by atoms with Crippen LogP contribution in [0.15, 0.2) is 48.8 Å². The van der Waals surface area contributed by atoms with Crippen LogP contribution in [0.1, 0.15) is 36.8 Å². The van der Waals surface area contributed by atoms with Crippen molar-refractivity contribution in [2.45, 2.75) is 32.7 Å². The molecule has 0 spiro atoms. The fourth-order valence-corrected chi connectivity index (χ4v) is 3.98. The summed E-state index contributed by atoms with van der Waals surface area (Å²) < 4.78 is 5.96. The first-order valence-electron chi connectivity index (χ1n) is 11.1. The number of hydrogen-bond donors (Lipinski definition) is 3. The molecule has 1 amide bonds. The van der Waals surface area contributed by atoms with Gasteiger partial charge in [-0.15, -0.1) is 0 Å². The number of amides is 1. The molecule has 4 rings (SSSR count). The molecule has 1 aliphatic heterocycles. The lowest BCUT2D eigenvalue weighted by molar-refractivity contribution is 0.0919. The third-order valence-corrected chi connectivity index (χ3v) is 5.51. The summed E-state index contributed by atoms with van der Waals surface area (Å²) in [5.74, 6) is 1.47. The smallest absolute Gasteiger partial charge is 0.251 e. The molecular weight excluding hydrogens is 454 g/mol. The molecule has 9 heteroatoms. The summed E-state index contributed by atoms with van der Waals surface area (Å²) in [5.41, 5.74) is 2.77. The second-order valence-electron chi connectivity index (χ2n) is 9.08. The number of hydrogen-bond acceptors (Lipinski definition) is 7. The summed E-state index contributed by atoms with van der Waals surface area (Å²) in [6.45, 7) is 7.17. The third-order valence-electron chi connectivity index (χ3n) is 5.21. The molecule has 0 saturated carbocycles. The molecule has 2 heterocycles. The zero-order valence-electron chi connectivity index (χ0n) is 19.4. The summed E-state index contributed by atoms with van der Waals surface area (Å²) in [5, 5.41) is 16.0. The minimum absolute atomic E-state index is 0.0602. The fourth-order valence-electron chi connectivity index (χ4n) is 3.76. The zero-order valence-corrected chi connectivity index (χ0v) is 20.2. The van der Waals surface area contributed by atoms with Gasteiger partial charge in [0.25, 0.3) is 5.91 Å². The van der Waals surface area contributed by atoms with E-state index < -0.39 is 0 Å². The minimum Gasteiger partial charge on any atom is -0.456 e. The number of aliphatic hydroxyl groups excluding tert-OH is 1. The van der Waals surface area contributed by atoms with E-state index in [1.54, 1.807) is 36.4 Å². The van der Waals surface area contributed by atoms with Gasteiger partial charge in [0.05, 0.1) is 17.3 Å². The number of benzene rings is 2. The normalized spacial score (nSPS) is 12.9. The molecule has 2 aromatic carbocycles. The molecule has 1 aliphatic rings. The van der Waals surface area contributed by atoms with Crippen molar-refractivity contribution in [3.63, 3.8) is 0 Å². The monoisotopic (exact) mass is 481 g/mol. The first kappa shape index (κ1) is 23.8. The number of aliphatic hydroxyl groups is 1. The van der Waals surface area contributed by atoms with Gasteiger partial charge in [-0.3, -0.25) is 4.79 Å². The third kappa shape index (κ3) is 5.58. The molecule has 8 nitrogen and oxygen atoms in total. The number of nitrogens with one attached hydrogen (secondary N) is 2. The van der Waals surface area contributed by atoms with E-state index in [4.69, 9.17) is 16.3 Å². The van der Waals surface area contributed by atoms with Crippen LogP contribution in [0.4, 0.5) is 17.2 Å². The minimum atomic E-state index is -0.334. The second-order valence-corrected chi connectivity index (χ2v) is 9.49. The molecule has 0 fully saturated rings. The Bertz CT molecular complexity index is 1190. The SMILES string of the molecule is CC(C)(C)NC(=O)c1cccc(Oc2ccc(Nc3ncnc4c3N(CCO)CC4)cc2Cl)c1. The number of carbonyl (C=O) groups is 1. The van der Waals surface area contributed by atoms with Crippen LogP contribution in [0.25, 0.3) is 0 Å². The van der Waals surface area contributed by atoms with E-state index in [1.165, 1.54) is 6.33 Å². The van der Waals surface area contributed by atoms with Gasteiger partial charge in [-0.25, -0.2) is 9.97 Å². The zero-order chi connectivity index (χ0) is 24.3. The lowest BCUT2D eigenvalue weighted by Gasteiger charge is -2.21. The molecule has 0 aliphatic carbocycles. The summed E-state index contributed by atoms with van der Waals surface area (Å²) in [4.78, 5) is 23.3. The second kappa shape index (κ2) is 9.87. The van der Waals surface area contributed by atoms with Crippen molar-refractivity contribution in [3.05, 3.63) is 65.1 Å². The summed E-state index contributed by atoms with van der Waals surface area (Å²) in [6.07, 6.45) is 2.35. The van der Waals surface area contributed by atoms with Crippen molar-refractivity contribution in [2.75, 3.05) is 29.9 Å². The Labute approximate surface area is 203 Å².